The Kier molecular flexibility index (Phi) is 10.7. The average Bonchev–Trinajstić information content (AvgIpc) is 2.48. The van der Waals surface area contributed by atoms with Crippen LogP contribution in [0, 0.1) is 0 Å². The fourth-order valence-electron chi connectivity index (χ4n) is 1.64. The molecular weight excluding hydrogens is 370 g/mol. The van der Waals surface area contributed by atoms with Gasteiger partial charge in [-0.1, -0.05) is 0 Å². The minimum absolute atomic E-state index is 0.236. The number of carbonyl (C=O) groups is 3. The van der Waals surface area contributed by atoms with Gasteiger partial charge in [-0.15, -0.1) is 0 Å². The Labute approximate surface area is 165 Å². The van der Waals surface area contributed by atoms with Gasteiger partial charge in [-0.05, 0) is 41.5 Å². The molecule has 0 aliphatic carbocycles. The van der Waals surface area contributed by atoms with E-state index in [0.717, 1.165) is 0 Å². The molecule has 0 atom stereocenters. The molecule has 0 rings (SSSR count). The van der Waals surface area contributed by atoms with Crippen molar-refractivity contribution in [1.82, 2.24) is 21.3 Å². The topological polar surface area (TPSA) is 150 Å². The van der Waals surface area contributed by atoms with Crippen LogP contribution in [0.4, 0.5) is 9.59 Å². The summed E-state index contributed by atoms with van der Waals surface area (Å²) in [6.07, 6.45) is -1.10. The highest BCUT2D eigenvalue weighted by Gasteiger charge is 2.16. The lowest BCUT2D eigenvalue weighted by molar-refractivity contribution is -0.135. The van der Waals surface area contributed by atoms with E-state index in [4.69, 9.17) is 14.6 Å². The molecule has 0 unspecified atom stereocenters. The molecule has 0 aromatic heterocycles. The van der Waals surface area contributed by atoms with Crippen molar-refractivity contribution in [2.24, 2.45) is 4.99 Å². The van der Waals surface area contributed by atoms with Gasteiger partial charge < -0.3 is 35.8 Å². The summed E-state index contributed by atoms with van der Waals surface area (Å²) in [6.45, 7) is 11.2. The number of hydrogen-bond acceptors (Lipinski definition) is 6. The van der Waals surface area contributed by atoms with Gasteiger partial charge in [0.1, 0.15) is 17.7 Å². The number of aliphatic carboxylic acids is 1. The van der Waals surface area contributed by atoms with E-state index >= 15 is 0 Å². The number of rotatable bonds is 8. The summed E-state index contributed by atoms with van der Waals surface area (Å²) in [5.41, 5.74) is -1.18. The number of amides is 2. The van der Waals surface area contributed by atoms with Gasteiger partial charge in [-0.3, -0.25) is 4.79 Å². The van der Waals surface area contributed by atoms with E-state index in [2.05, 4.69) is 26.3 Å². The van der Waals surface area contributed by atoms with Crippen molar-refractivity contribution >= 4 is 24.1 Å². The van der Waals surface area contributed by atoms with Crippen molar-refractivity contribution in [1.29, 1.82) is 0 Å². The van der Waals surface area contributed by atoms with Crippen LogP contribution in [0.2, 0.25) is 0 Å². The van der Waals surface area contributed by atoms with Crippen molar-refractivity contribution in [3.8, 4) is 0 Å². The third kappa shape index (κ3) is 16.7. The molecule has 0 saturated carbocycles. The molecule has 0 radical (unpaired) electrons. The maximum Gasteiger partial charge on any atom is 0.407 e. The normalized spacial score (nSPS) is 11.1. The second-order valence-corrected chi connectivity index (χ2v) is 7.77. The van der Waals surface area contributed by atoms with Crippen LogP contribution in [-0.2, 0) is 14.3 Å². The van der Waals surface area contributed by atoms with E-state index in [0.29, 0.717) is 13.1 Å². The standard InChI is InChI=1S/C17H33N5O6/c1-16(2,3)27-14(25)20-9-7-18-13(22-11-12(23)24)19-8-10-21-15(26)28-17(4,5)6/h7-11H2,1-6H3,(H,20,25)(H,21,26)(H,23,24)(H2,18,19,22). The first kappa shape index (κ1) is 25.3. The van der Waals surface area contributed by atoms with Crippen LogP contribution in [-0.4, -0.2) is 73.1 Å². The molecule has 5 N–H and O–H groups in total. The largest absolute Gasteiger partial charge is 0.480 e. The third-order valence-electron chi connectivity index (χ3n) is 2.54. The molecule has 11 nitrogen and oxygen atoms in total. The van der Waals surface area contributed by atoms with Gasteiger partial charge in [0.05, 0.1) is 0 Å². The van der Waals surface area contributed by atoms with E-state index in [1.165, 1.54) is 0 Å². The molecule has 2 amide bonds. The number of carbonyl (C=O) groups excluding carboxylic acids is 2. The van der Waals surface area contributed by atoms with Crippen molar-refractivity contribution in [2.75, 3.05) is 32.7 Å². The number of carboxylic acid groups (broad SMARTS) is 1. The molecule has 0 heterocycles. The maximum absolute atomic E-state index is 11.6. The molecule has 0 spiro atoms. The molecular formula is C17H33N5O6. The highest BCUT2D eigenvalue weighted by atomic mass is 16.6. The zero-order chi connectivity index (χ0) is 21.8. The predicted octanol–water partition coefficient (Wildman–Crippen LogP) is 0.656. The summed E-state index contributed by atoms with van der Waals surface area (Å²) < 4.78 is 10.2. The second-order valence-electron chi connectivity index (χ2n) is 7.77. The average molecular weight is 403 g/mol. The van der Waals surface area contributed by atoms with Gasteiger partial charge >= 0.3 is 18.2 Å². The van der Waals surface area contributed by atoms with E-state index in [-0.39, 0.29) is 19.0 Å². The monoisotopic (exact) mass is 403 g/mol. The number of nitrogens with one attached hydrogen (secondary N) is 4. The summed E-state index contributed by atoms with van der Waals surface area (Å²) in [6, 6.07) is 0. The van der Waals surface area contributed by atoms with Gasteiger partial charge in [-0.2, -0.15) is 0 Å². The van der Waals surface area contributed by atoms with Crippen LogP contribution in [0.15, 0.2) is 4.99 Å². The molecule has 0 aromatic carbocycles. The molecule has 0 aliphatic heterocycles. The zero-order valence-electron chi connectivity index (χ0n) is 17.5. The van der Waals surface area contributed by atoms with E-state index in [1.54, 1.807) is 41.5 Å². The summed E-state index contributed by atoms with van der Waals surface area (Å²) in [7, 11) is 0. The van der Waals surface area contributed by atoms with Crippen LogP contribution in [0.3, 0.4) is 0 Å². The molecule has 0 aliphatic rings. The van der Waals surface area contributed by atoms with Crippen LogP contribution >= 0.6 is 0 Å². The summed E-state index contributed by atoms with van der Waals surface area (Å²) >= 11 is 0. The SMILES string of the molecule is CC(C)(C)OC(=O)NCCNC(=NCC(=O)O)NCCNC(=O)OC(C)(C)C. The molecule has 162 valence electrons. The summed E-state index contributed by atoms with van der Waals surface area (Å²) in [5.74, 6) is -0.848. The van der Waals surface area contributed by atoms with Crippen LogP contribution in [0.1, 0.15) is 41.5 Å². The van der Waals surface area contributed by atoms with E-state index in [1.807, 2.05) is 0 Å². The molecule has 11 heteroatoms. The highest BCUT2D eigenvalue weighted by Crippen LogP contribution is 2.06. The number of aliphatic imine (C=N–C) groups is 1. The Bertz CT molecular complexity index is 513. The van der Waals surface area contributed by atoms with Crippen molar-refractivity contribution in [3.05, 3.63) is 0 Å². The van der Waals surface area contributed by atoms with Gasteiger partial charge in [-0.25, -0.2) is 14.6 Å². The number of ether oxygens (including phenoxy) is 2. The lowest BCUT2D eigenvalue weighted by atomic mass is 10.2. The predicted molar refractivity (Wildman–Crippen MR) is 104 cm³/mol. The first-order valence-electron chi connectivity index (χ1n) is 8.96. The van der Waals surface area contributed by atoms with Crippen molar-refractivity contribution < 1.29 is 29.0 Å². The minimum Gasteiger partial charge on any atom is -0.480 e. The van der Waals surface area contributed by atoms with E-state index < -0.39 is 35.9 Å². The lowest BCUT2D eigenvalue weighted by Crippen LogP contribution is -2.45. The second kappa shape index (κ2) is 11.9. The Morgan fingerprint density at radius 1 is 0.750 bits per heavy atom. The number of nitrogens with zero attached hydrogens (tertiary/aromatic N) is 1. The van der Waals surface area contributed by atoms with E-state index in [9.17, 15) is 14.4 Å². The number of alkyl carbamates (subject to hydrolysis) is 2. The number of carboxylic acids is 1. The molecule has 28 heavy (non-hydrogen) atoms. The Balaban J connectivity index is 4.27. The minimum atomic E-state index is -1.08. The molecule has 0 bridgehead atoms. The van der Waals surface area contributed by atoms with Crippen LogP contribution in [0.5, 0.6) is 0 Å². The van der Waals surface area contributed by atoms with Crippen molar-refractivity contribution in [2.45, 2.75) is 52.7 Å². The first-order chi connectivity index (χ1) is 12.8. The summed E-state index contributed by atoms with van der Waals surface area (Å²) in [4.78, 5) is 37.7. The quantitative estimate of drug-likeness (QED) is 0.225. The molecule has 0 saturated heterocycles. The van der Waals surface area contributed by atoms with Crippen LogP contribution in [0.25, 0.3) is 0 Å². The van der Waals surface area contributed by atoms with Crippen molar-refractivity contribution in [3.63, 3.8) is 0 Å². The Morgan fingerprint density at radius 3 is 1.43 bits per heavy atom. The number of guanidine groups is 1. The Hall–Kier alpha value is -2.72. The fraction of sp³-hybridized carbons (Fsp3) is 0.765. The van der Waals surface area contributed by atoms with Crippen LogP contribution < -0.4 is 21.3 Å². The molecule has 0 aromatic rings. The maximum atomic E-state index is 11.6. The van der Waals surface area contributed by atoms with Gasteiger partial charge in [0.2, 0.25) is 0 Å². The highest BCUT2D eigenvalue weighted by molar-refractivity contribution is 5.82. The van der Waals surface area contributed by atoms with Gasteiger partial charge in [0.25, 0.3) is 0 Å². The first-order valence-corrected chi connectivity index (χ1v) is 8.96. The fourth-order valence-corrected chi connectivity index (χ4v) is 1.64. The zero-order valence-corrected chi connectivity index (χ0v) is 17.5. The smallest absolute Gasteiger partial charge is 0.407 e. The molecule has 0 fully saturated rings. The third-order valence-corrected chi connectivity index (χ3v) is 2.54. The Morgan fingerprint density at radius 2 is 1.11 bits per heavy atom. The van der Waals surface area contributed by atoms with Gasteiger partial charge in [0.15, 0.2) is 5.96 Å². The lowest BCUT2D eigenvalue weighted by Gasteiger charge is -2.20. The number of hydrogen-bond donors (Lipinski definition) is 5. The summed E-state index contributed by atoms with van der Waals surface area (Å²) in [5, 5.41) is 19.7. The van der Waals surface area contributed by atoms with Gasteiger partial charge in [0, 0.05) is 26.2 Å².